The molecule has 1 fully saturated rings. The lowest BCUT2D eigenvalue weighted by molar-refractivity contribution is 0.544. The molecule has 3 rings (SSSR count). The number of nitrogens with one attached hydrogen (secondary N) is 2. The summed E-state index contributed by atoms with van der Waals surface area (Å²) in [5.41, 5.74) is 7.05. The van der Waals surface area contributed by atoms with Crippen LogP contribution in [0.25, 0.3) is 10.9 Å². The van der Waals surface area contributed by atoms with Crippen molar-refractivity contribution in [2.24, 2.45) is 0 Å². The van der Waals surface area contributed by atoms with Crippen LogP contribution >= 0.6 is 11.8 Å². The molecule has 7 heteroatoms. The number of hydrogen-bond acceptors (Lipinski definition) is 4. The average molecular weight is 311 g/mol. The van der Waals surface area contributed by atoms with Gasteiger partial charge in [-0.05, 0) is 36.8 Å². The van der Waals surface area contributed by atoms with Gasteiger partial charge in [0.15, 0.2) is 0 Å². The van der Waals surface area contributed by atoms with E-state index in [1.807, 2.05) is 0 Å². The van der Waals surface area contributed by atoms with Crippen LogP contribution in [0.3, 0.4) is 0 Å². The first kappa shape index (κ1) is 13.8. The quantitative estimate of drug-likeness (QED) is 0.756. The second-order valence-electron chi connectivity index (χ2n) is 4.99. The lowest BCUT2D eigenvalue weighted by atomic mass is 10.2. The van der Waals surface area contributed by atoms with Crippen LogP contribution in [0.2, 0.25) is 0 Å². The lowest BCUT2D eigenvalue weighted by Gasteiger charge is -2.22. The number of H-pyrrole nitrogens is 1. The van der Waals surface area contributed by atoms with Crippen LogP contribution in [-0.4, -0.2) is 30.9 Å². The molecule has 1 aromatic heterocycles. The van der Waals surface area contributed by atoms with E-state index in [1.165, 1.54) is 6.20 Å². The third kappa shape index (κ3) is 2.65. The first-order chi connectivity index (χ1) is 9.56. The summed E-state index contributed by atoms with van der Waals surface area (Å²) in [7, 11) is -3.49. The van der Waals surface area contributed by atoms with Crippen LogP contribution in [0.1, 0.15) is 12.8 Å². The summed E-state index contributed by atoms with van der Waals surface area (Å²) >= 11 is 1.80. The van der Waals surface area contributed by atoms with Crippen LogP contribution in [-0.2, 0) is 10.0 Å². The lowest BCUT2D eigenvalue weighted by Crippen LogP contribution is -2.38. The zero-order valence-corrected chi connectivity index (χ0v) is 12.6. The van der Waals surface area contributed by atoms with Crippen LogP contribution < -0.4 is 10.5 Å². The Balaban J connectivity index is 1.92. The number of anilines is 1. The van der Waals surface area contributed by atoms with Gasteiger partial charge >= 0.3 is 0 Å². The Hall–Kier alpha value is -1.18. The Morgan fingerprint density at radius 3 is 3.00 bits per heavy atom. The topological polar surface area (TPSA) is 88.0 Å². The highest BCUT2D eigenvalue weighted by Crippen LogP contribution is 2.26. The van der Waals surface area contributed by atoms with Crippen molar-refractivity contribution >= 4 is 38.4 Å². The van der Waals surface area contributed by atoms with Crippen LogP contribution in [0.4, 0.5) is 5.69 Å². The van der Waals surface area contributed by atoms with Gasteiger partial charge in [-0.25, -0.2) is 13.1 Å². The van der Waals surface area contributed by atoms with Crippen molar-refractivity contribution < 1.29 is 8.42 Å². The number of aromatic amines is 1. The fraction of sp³-hybridized carbons (Fsp3) is 0.385. The molecule has 0 saturated carbocycles. The molecule has 2 aromatic rings. The van der Waals surface area contributed by atoms with Gasteiger partial charge in [0.2, 0.25) is 10.0 Å². The molecule has 1 saturated heterocycles. The summed E-state index contributed by atoms with van der Waals surface area (Å²) in [6, 6.07) is 5.22. The summed E-state index contributed by atoms with van der Waals surface area (Å²) < 4.78 is 27.8. The number of nitrogen functional groups attached to an aromatic ring is 1. The standard InChI is InChI=1S/C13H17N3O2S2/c14-9-3-4-11-12(6-9)15-7-13(11)20(17,18)16-10-2-1-5-19-8-10/h3-4,6-7,10,15-16H,1-2,5,8,14H2. The normalized spacial score (nSPS) is 20.3. The summed E-state index contributed by atoms with van der Waals surface area (Å²) in [6.07, 6.45) is 3.49. The Bertz CT molecular complexity index is 718. The van der Waals surface area contributed by atoms with Gasteiger partial charge in [-0.15, -0.1) is 0 Å². The molecular weight excluding hydrogens is 294 g/mol. The Kier molecular flexibility index (Phi) is 3.66. The van der Waals surface area contributed by atoms with Crippen LogP contribution in [0.5, 0.6) is 0 Å². The van der Waals surface area contributed by atoms with E-state index < -0.39 is 10.0 Å². The molecule has 20 heavy (non-hydrogen) atoms. The molecular formula is C13H17N3O2S2. The van der Waals surface area contributed by atoms with Crippen molar-refractivity contribution in [3.8, 4) is 0 Å². The van der Waals surface area contributed by atoms with Crippen molar-refractivity contribution in [1.82, 2.24) is 9.71 Å². The van der Waals surface area contributed by atoms with Gasteiger partial charge in [0.1, 0.15) is 4.90 Å². The molecule has 5 nitrogen and oxygen atoms in total. The number of aromatic nitrogens is 1. The molecule has 108 valence electrons. The van der Waals surface area contributed by atoms with E-state index in [9.17, 15) is 8.42 Å². The van der Waals surface area contributed by atoms with E-state index in [0.29, 0.717) is 16.0 Å². The highest BCUT2D eigenvalue weighted by Gasteiger charge is 2.24. The summed E-state index contributed by atoms with van der Waals surface area (Å²) in [5.74, 6) is 1.96. The zero-order chi connectivity index (χ0) is 14.2. The zero-order valence-electron chi connectivity index (χ0n) is 10.9. The molecule has 4 N–H and O–H groups in total. The number of hydrogen-bond donors (Lipinski definition) is 3. The van der Waals surface area contributed by atoms with Gasteiger partial charge in [0, 0.05) is 34.6 Å². The highest BCUT2D eigenvalue weighted by atomic mass is 32.2. The molecule has 1 aliphatic rings. The first-order valence-corrected chi connectivity index (χ1v) is 9.17. The van der Waals surface area contributed by atoms with Gasteiger partial charge in [-0.3, -0.25) is 0 Å². The minimum atomic E-state index is -3.49. The number of benzene rings is 1. The van der Waals surface area contributed by atoms with E-state index in [0.717, 1.165) is 29.9 Å². The maximum Gasteiger partial charge on any atom is 0.242 e. The molecule has 0 spiro atoms. The molecule has 1 aromatic carbocycles. The summed E-state index contributed by atoms with van der Waals surface area (Å²) in [5, 5.41) is 0.676. The van der Waals surface area contributed by atoms with E-state index in [1.54, 1.807) is 30.0 Å². The molecule has 0 radical (unpaired) electrons. The van der Waals surface area contributed by atoms with E-state index in [-0.39, 0.29) is 6.04 Å². The second kappa shape index (κ2) is 5.31. The number of thioether (sulfide) groups is 1. The van der Waals surface area contributed by atoms with Crippen molar-refractivity contribution in [2.75, 3.05) is 17.2 Å². The predicted octanol–water partition coefficient (Wildman–Crippen LogP) is 1.92. The number of nitrogens with two attached hydrogens (primary N) is 1. The first-order valence-electron chi connectivity index (χ1n) is 6.53. The van der Waals surface area contributed by atoms with E-state index in [2.05, 4.69) is 9.71 Å². The third-order valence-corrected chi connectivity index (χ3v) is 6.22. The monoisotopic (exact) mass is 311 g/mol. The van der Waals surface area contributed by atoms with Gasteiger partial charge in [0.25, 0.3) is 0 Å². The Morgan fingerprint density at radius 2 is 2.25 bits per heavy atom. The fourth-order valence-electron chi connectivity index (χ4n) is 2.46. The Labute approximate surface area is 122 Å². The Morgan fingerprint density at radius 1 is 1.40 bits per heavy atom. The molecule has 1 aliphatic heterocycles. The third-order valence-electron chi connectivity index (χ3n) is 3.44. The van der Waals surface area contributed by atoms with Crippen molar-refractivity contribution in [2.45, 2.75) is 23.8 Å². The van der Waals surface area contributed by atoms with Crippen molar-refractivity contribution in [3.05, 3.63) is 24.4 Å². The summed E-state index contributed by atoms with van der Waals surface area (Å²) in [4.78, 5) is 3.26. The van der Waals surface area contributed by atoms with Crippen LogP contribution in [0, 0.1) is 0 Å². The minimum Gasteiger partial charge on any atom is -0.399 e. The smallest absolute Gasteiger partial charge is 0.242 e. The maximum atomic E-state index is 12.5. The van der Waals surface area contributed by atoms with E-state index >= 15 is 0 Å². The van der Waals surface area contributed by atoms with Gasteiger partial charge < -0.3 is 10.7 Å². The van der Waals surface area contributed by atoms with Crippen molar-refractivity contribution in [3.63, 3.8) is 0 Å². The number of fused-ring (bicyclic) bond motifs is 1. The molecule has 2 heterocycles. The minimum absolute atomic E-state index is 0.0254. The number of rotatable bonds is 3. The SMILES string of the molecule is Nc1ccc2c(S(=O)(=O)NC3CCCSC3)c[nH]c2c1. The largest absolute Gasteiger partial charge is 0.399 e. The van der Waals surface area contributed by atoms with Crippen molar-refractivity contribution in [1.29, 1.82) is 0 Å². The van der Waals surface area contributed by atoms with E-state index in [4.69, 9.17) is 5.73 Å². The molecule has 1 unspecified atom stereocenters. The second-order valence-corrected chi connectivity index (χ2v) is 7.83. The highest BCUT2D eigenvalue weighted by molar-refractivity contribution is 7.99. The average Bonchev–Trinajstić information content (AvgIpc) is 2.83. The van der Waals surface area contributed by atoms with Gasteiger partial charge in [-0.2, -0.15) is 11.8 Å². The summed E-state index contributed by atoms with van der Waals surface area (Å²) in [6.45, 7) is 0. The predicted molar refractivity (Wildman–Crippen MR) is 83.4 cm³/mol. The van der Waals surface area contributed by atoms with Gasteiger partial charge in [-0.1, -0.05) is 0 Å². The van der Waals surface area contributed by atoms with Gasteiger partial charge in [0.05, 0.1) is 0 Å². The fourth-order valence-corrected chi connectivity index (χ4v) is 5.08. The molecule has 1 atom stereocenters. The molecule has 0 bridgehead atoms. The number of sulfonamides is 1. The van der Waals surface area contributed by atoms with Crippen LogP contribution in [0.15, 0.2) is 29.3 Å². The maximum absolute atomic E-state index is 12.5. The molecule has 0 amide bonds. The molecule has 0 aliphatic carbocycles.